The molecular formula is C12H10ClNO2. The lowest BCUT2D eigenvalue weighted by molar-refractivity contribution is -0.114. The second kappa shape index (κ2) is 3.76. The van der Waals surface area contributed by atoms with Gasteiger partial charge >= 0.3 is 0 Å². The van der Waals surface area contributed by atoms with E-state index < -0.39 is 11.7 Å². The summed E-state index contributed by atoms with van der Waals surface area (Å²) < 4.78 is 0. The van der Waals surface area contributed by atoms with Crippen LogP contribution in [0, 0.1) is 6.92 Å². The van der Waals surface area contributed by atoms with Crippen LogP contribution in [-0.4, -0.2) is 18.2 Å². The van der Waals surface area contributed by atoms with E-state index in [1.807, 2.05) is 13.0 Å². The summed E-state index contributed by atoms with van der Waals surface area (Å²) >= 11 is 5.67. The molecule has 0 bridgehead atoms. The van der Waals surface area contributed by atoms with Gasteiger partial charge in [-0.15, -0.1) is 0 Å². The van der Waals surface area contributed by atoms with Crippen LogP contribution in [-0.2, 0) is 4.79 Å². The van der Waals surface area contributed by atoms with E-state index in [-0.39, 0.29) is 6.54 Å². The number of carbonyl (C=O) groups is 2. The number of benzene rings is 1. The van der Waals surface area contributed by atoms with Gasteiger partial charge in [-0.1, -0.05) is 29.8 Å². The topological polar surface area (TPSA) is 37.4 Å². The molecule has 82 valence electrons. The molecule has 3 nitrogen and oxygen atoms in total. The molecule has 0 radical (unpaired) electrons. The van der Waals surface area contributed by atoms with Crippen molar-refractivity contribution in [1.82, 2.24) is 0 Å². The molecule has 0 saturated heterocycles. The number of halogens is 1. The molecular weight excluding hydrogens is 226 g/mol. The summed E-state index contributed by atoms with van der Waals surface area (Å²) in [7, 11) is 0. The summed E-state index contributed by atoms with van der Waals surface area (Å²) in [5.41, 5.74) is 2.01. The van der Waals surface area contributed by atoms with E-state index in [1.54, 1.807) is 12.1 Å². The Morgan fingerprint density at radius 3 is 2.75 bits per heavy atom. The Hall–Kier alpha value is -1.61. The Kier molecular flexibility index (Phi) is 2.56. The van der Waals surface area contributed by atoms with Gasteiger partial charge in [-0.25, -0.2) is 0 Å². The Morgan fingerprint density at radius 2 is 2.12 bits per heavy atom. The van der Waals surface area contributed by atoms with E-state index in [4.69, 9.17) is 11.6 Å². The fourth-order valence-corrected chi connectivity index (χ4v) is 1.86. The highest BCUT2D eigenvalue weighted by Gasteiger charge is 2.35. The van der Waals surface area contributed by atoms with Crippen LogP contribution >= 0.6 is 11.6 Å². The van der Waals surface area contributed by atoms with Gasteiger partial charge in [-0.3, -0.25) is 14.5 Å². The van der Waals surface area contributed by atoms with Gasteiger partial charge in [0.25, 0.3) is 11.7 Å². The van der Waals surface area contributed by atoms with Crippen molar-refractivity contribution in [1.29, 1.82) is 0 Å². The summed E-state index contributed by atoms with van der Waals surface area (Å²) in [4.78, 5) is 24.7. The van der Waals surface area contributed by atoms with Crippen LogP contribution in [0.2, 0.25) is 0 Å². The molecule has 0 saturated carbocycles. The van der Waals surface area contributed by atoms with Gasteiger partial charge in [-0.2, -0.15) is 0 Å². The molecule has 0 aromatic heterocycles. The number of amides is 1. The Bertz CT molecular complexity index is 508. The molecule has 16 heavy (non-hydrogen) atoms. The highest BCUT2D eigenvalue weighted by atomic mass is 35.5. The molecule has 1 aromatic carbocycles. The fourth-order valence-electron chi connectivity index (χ4n) is 1.74. The molecule has 1 heterocycles. The first kappa shape index (κ1) is 10.9. The monoisotopic (exact) mass is 235 g/mol. The number of aryl methyl sites for hydroxylation is 1. The Morgan fingerprint density at radius 1 is 1.44 bits per heavy atom. The van der Waals surface area contributed by atoms with Gasteiger partial charge in [0.1, 0.15) is 0 Å². The highest BCUT2D eigenvalue weighted by Crippen LogP contribution is 2.30. The first-order valence-corrected chi connectivity index (χ1v) is 5.18. The van der Waals surface area contributed by atoms with Gasteiger partial charge in [0.05, 0.1) is 17.8 Å². The number of ketones is 1. The van der Waals surface area contributed by atoms with Gasteiger partial charge in [0.2, 0.25) is 0 Å². The minimum Gasteiger partial charge on any atom is -0.299 e. The van der Waals surface area contributed by atoms with E-state index in [0.29, 0.717) is 16.3 Å². The molecule has 1 aliphatic heterocycles. The molecule has 1 aliphatic rings. The molecule has 4 heteroatoms. The van der Waals surface area contributed by atoms with Crippen LogP contribution in [0.3, 0.4) is 0 Å². The quantitative estimate of drug-likeness (QED) is 0.738. The van der Waals surface area contributed by atoms with E-state index in [0.717, 1.165) is 5.56 Å². The molecule has 0 atom stereocenters. The lowest BCUT2D eigenvalue weighted by Crippen LogP contribution is -2.30. The number of carbonyl (C=O) groups excluding carboxylic acids is 2. The van der Waals surface area contributed by atoms with Crippen molar-refractivity contribution in [3.63, 3.8) is 0 Å². The van der Waals surface area contributed by atoms with Crippen LogP contribution in [0.4, 0.5) is 5.69 Å². The third-order valence-electron chi connectivity index (χ3n) is 2.46. The van der Waals surface area contributed by atoms with E-state index >= 15 is 0 Å². The van der Waals surface area contributed by atoms with Crippen LogP contribution in [0.5, 0.6) is 0 Å². The molecule has 2 rings (SSSR count). The van der Waals surface area contributed by atoms with E-state index in [9.17, 15) is 9.59 Å². The molecule has 0 N–H and O–H groups in total. The predicted molar refractivity (Wildman–Crippen MR) is 62.9 cm³/mol. The SMILES string of the molecule is C=C(Cl)CN1C(=O)C(=O)c2cc(C)ccc21. The van der Waals surface area contributed by atoms with E-state index in [1.165, 1.54) is 4.90 Å². The molecule has 0 spiro atoms. The third kappa shape index (κ3) is 1.63. The number of nitrogens with zero attached hydrogens (tertiary/aromatic N) is 1. The largest absolute Gasteiger partial charge is 0.299 e. The molecule has 0 aliphatic carbocycles. The summed E-state index contributed by atoms with van der Waals surface area (Å²) in [5.74, 6) is -1.01. The Labute approximate surface area is 98.3 Å². The first-order valence-electron chi connectivity index (χ1n) is 4.81. The maximum atomic E-state index is 11.7. The average molecular weight is 236 g/mol. The normalized spacial score (nSPS) is 14.2. The second-order valence-electron chi connectivity index (χ2n) is 3.76. The van der Waals surface area contributed by atoms with Gasteiger partial charge in [0.15, 0.2) is 0 Å². The highest BCUT2D eigenvalue weighted by molar-refractivity contribution is 6.52. The van der Waals surface area contributed by atoms with Crippen LogP contribution in [0.15, 0.2) is 29.8 Å². The Balaban J connectivity index is 2.50. The smallest absolute Gasteiger partial charge is 0.299 e. The summed E-state index contributed by atoms with van der Waals surface area (Å²) in [5, 5.41) is 0.328. The maximum Gasteiger partial charge on any atom is 0.299 e. The van der Waals surface area contributed by atoms with Crippen LogP contribution in [0.25, 0.3) is 0 Å². The van der Waals surface area contributed by atoms with Crippen LogP contribution in [0.1, 0.15) is 15.9 Å². The number of Topliss-reactive ketones (excluding diaryl/α,β-unsaturated/α-hetero) is 1. The van der Waals surface area contributed by atoms with Crippen molar-refractivity contribution in [2.45, 2.75) is 6.92 Å². The van der Waals surface area contributed by atoms with E-state index in [2.05, 4.69) is 6.58 Å². The van der Waals surface area contributed by atoms with Crippen molar-refractivity contribution >= 4 is 29.0 Å². The first-order chi connectivity index (χ1) is 7.50. The minimum atomic E-state index is -0.539. The zero-order valence-electron chi connectivity index (χ0n) is 8.79. The predicted octanol–water partition coefficient (Wildman–Crippen LogP) is 2.28. The number of hydrogen-bond donors (Lipinski definition) is 0. The van der Waals surface area contributed by atoms with Crippen molar-refractivity contribution in [3.05, 3.63) is 40.9 Å². The number of anilines is 1. The van der Waals surface area contributed by atoms with Gasteiger partial charge < -0.3 is 0 Å². The molecule has 0 fully saturated rings. The minimum absolute atomic E-state index is 0.169. The lowest BCUT2D eigenvalue weighted by Gasteiger charge is -2.15. The molecule has 0 unspecified atom stereocenters. The fraction of sp³-hybridized carbons (Fsp3) is 0.167. The zero-order valence-corrected chi connectivity index (χ0v) is 9.54. The maximum absolute atomic E-state index is 11.7. The van der Waals surface area contributed by atoms with Gasteiger partial charge in [-0.05, 0) is 19.1 Å². The second-order valence-corrected chi connectivity index (χ2v) is 4.29. The number of fused-ring (bicyclic) bond motifs is 1. The van der Waals surface area contributed by atoms with Gasteiger partial charge in [0, 0.05) is 5.03 Å². The standard InChI is InChI=1S/C12H10ClNO2/c1-7-3-4-10-9(5-7)11(15)12(16)14(10)6-8(2)13/h3-5H,2,6H2,1H3. The third-order valence-corrected chi connectivity index (χ3v) is 2.58. The lowest BCUT2D eigenvalue weighted by atomic mass is 10.1. The number of rotatable bonds is 2. The summed E-state index contributed by atoms with van der Waals surface area (Å²) in [6.45, 7) is 5.57. The summed E-state index contributed by atoms with van der Waals surface area (Å²) in [6, 6.07) is 5.33. The average Bonchev–Trinajstić information content (AvgIpc) is 2.43. The number of hydrogen-bond acceptors (Lipinski definition) is 2. The summed E-state index contributed by atoms with van der Waals surface area (Å²) in [6.07, 6.45) is 0. The van der Waals surface area contributed by atoms with Crippen molar-refractivity contribution < 1.29 is 9.59 Å². The van der Waals surface area contributed by atoms with Crippen molar-refractivity contribution in [2.24, 2.45) is 0 Å². The van der Waals surface area contributed by atoms with Crippen molar-refractivity contribution in [2.75, 3.05) is 11.4 Å². The zero-order chi connectivity index (χ0) is 11.9. The molecule has 1 aromatic rings. The van der Waals surface area contributed by atoms with Crippen molar-refractivity contribution in [3.8, 4) is 0 Å². The van der Waals surface area contributed by atoms with Crippen LogP contribution < -0.4 is 4.90 Å². The molecule has 1 amide bonds.